The van der Waals surface area contributed by atoms with Crippen molar-refractivity contribution < 1.29 is 53.4 Å². The van der Waals surface area contributed by atoms with E-state index in [1.807, 2.05) is 0 Å². The Hall–Kier alpha value is -6.51. The van der Waals surface area contributed by atoms with Crippen LogP contribution in [0.3, 0.4) is 0 Å². The molecule has 2 aromatic rings. The van der Waals surface area contributed by atoms with Gasteiger partial charge in [0.05, 0.1) is 25.2 Å². The normalized spacial score (nSPS) is 14.2. The first kappa shape index (κ1) is 55.6. The lowest BCUT2D eigenvalue weighted by atomic mass is 10.0. The maximum atomic E-state index is 14.0. The van der Waals surface area contributed by atoms with Crippen molar-refractivity contribution >= 4 is 53.3 Å². The van der Waals surface area contributed by atoms with Crippen LogP contribution < -0.4 is 60.2 Å². The van der Waals surface area contributed by atoms with E-state index in [4.69, 9.17) is 22.9 Å². The average molecular weight is 934 g/mol. The fourth-order valence-electron chi connectivity index (χ4n) is 6.36. The molecular formula is C40H67N15O11. The number of aliphatic carboxylic acids is 2. The van der Waals surface area contributed by atoms with Gasteiger partial charge in [-0.25, -0.2) is 9.97 Å². The maximum absolute atomic E-state index is 14.0. The minimum atomic E-state index is -1.53. The van der Waals surface area contributed by atoms with E-state index in [9.17, 15) is 53.4 Å². The van der Waals surface area contributed by atoms with Crippen molar-refractivity contribution in [1.29, 1.82) is 0 Å². The highest BCUT2D eigenvalue weighted by Crippen LogP contribution is 2.09. The predicted octanol–water partition coefficient (Wildman–Crippen LogP) is -4.37. The van der Waals surface area contributed by atoms with Crippen molar-refractivity contribution in [2.45, 2.75) is 133 Å². The topological polar surface area (TPSA) is 440 Å². The number of carboxylic acids is 2. The lowest BCUT2D eigenvalue weighted by Crippen LogP contribution is -2.59. The molecule has 2 aromatic heterocycles. The second kappa shape index (κ2) is 30.6. The molecule has 0 spiro atoms. The number of nitrogens with two attached hydrogens (primary N) is 4. The molecule has 2 heterocycles. The number of carbonyl (C=O) groups is 9. The summed E-state index contributed by atoms with van der Waals surface area (Å²) in [7, 11) is 0. The van der Waals surface area contributed by atoms with Crippen LogP contribution in [0.1, 0.15) is 88.9 Å². The Bertz CT molecular complexity index is 1850. The number of imidazole rings is 2. The van der Waals surface area contributed by atoms with Crippen LogP contribution in [-0.4, -0.2) is 152 Å². The molecule has 7 atom stereocenters. The molecule has 0 bridgehead atoms. The number of aromatic amines is 2. The molecular weight excluding hydrogens is 867 g/mol. The SMILES string of the molecule is C[C@H](NC(=O)[C@H](CCC(=O)O)NC(=O)[C@H](Cc1cnc[nH]1)NC(=O)[C@H](Cc1cnc[nH]1)NC(=O)CNC(=O)[C@H](CCCCN)NC(=O)[C@H](CCCCN)NC(=O)[C@@H](N)CCCCN)C(=O)O. The summed E-state index contributed by atoms with van der Waals surface area (Å²) >= 11 is 0. The van der Waals surface area contributed by atoms with Crippen molar-refractivity contribution in [3.8, 4) is 0 Å². The van der Waals surface area contributed by atoms with Crippen LogP contribution in [0.15, 0.2) is 25.0 Å². The van der Waals surface area contributed by atoms with Gasteiger partial charge in [-0.05, 0) is 84.3 Å². The summed E-state index contributed by atoms with van der Waals surface area (Å²) < 4.78 is 0. The van der Waals surface area contributed by atoms with E-state index in [1.54, 1.807) is 0 Å². The van der Waals surface area contributed by atoms with E-state index in [0.29, 0.717) is 76.0 Å². The molecule has 2 rings (SSSR count). The zero-order valence-corrected chi connectivity index (χ0v) is 37.1. The van der Waals surface area contributed by atoms with Gasteiger partial charge in [-0.3, -0.25) is 43.2 Å². The van der Waals surface area contributed by atoms with Crippen molar-refractivity contribution in [2.75, 3.05) is 26.2 Å². The highest BCUT2D eigenvalue weighted by molar-refractivity contribution is 5.97. The number of amides is 7. The summed E-state index contributed by atoms with van der Waals surface area (Å²) in [5.41, 5.74) is 23.7. The van der Waals surface area contributed by atoms with Crippen LogP contribution in [0.25, 0.3) is 0 Å². The van der Waals surface area contributed by atoms with Crippen LogP contribution in [-0.2, 0) is 56.0 Å². The Morgan fingerprint density at radius 1 is 0.561 bits per heavy atom. The molecule has 7 amide bonds. The van der Waals surface area contributed by atoms with Gasteiger partial charge in [0.2, 0.25) is 41.4 Å². The van der Waals surface area contributed by atoms with E-state index in [1.165, 1.54) is 32.0 Å². The van der Waals surface area contributed by atoms with Gasteiger partial charge in [0.15, 0.2) is 0 Å². The van der Waals surface area contributed by atoms with Crippen LogP contribution in [0, 0.1) is 0 Å². The summed E-state index contributed by atoms with van der Waals surface area (Å²) in [6.07, 6.45) is 7.94. The Morgan fingerprint density at radius 2 is 0.985 bits per heavy atom. The largest absolute Gasteiger partial charge is 0.481 e. The van der Waals surface area contributed by atoms with Gasteiger partial charge in [0.1, 0.15) is 36.3 Å². The molecule has 0 radical (unpaired) electrons. The molecule has 0 aliphatic rings. The first-order chi connectivity index (χ1) is 31.5. The molecule has 0 fully saturated rings. The van der Waals surface area contributed by atoms with Gasteiger partial charge in [0, 0.05) is 43.0 Å². The first-order valence-electron chi connectivity index (χ1n) is 21.8. The second-order valence-corrected chi connectivity index (χ2v) is 15.6. The van der Waals surface area contributed by atoms with E-state index in [2.05, 4.69) is 57.2 Å². The summed E-state index contributed by atoms with van der Waals surface area (Å²) in [5, 5.41) is 36.1. The van der Waals surface area contributed by atoms with Gasteiger partial charge in [-0.15, -0.1) is 0 Å². The lowest BCUT2D eigenvalue weighted by Gasteiger charge is -2.26. The third kappa shape index (κ3) is 21.4. The van der Waals surface area contributed by atoms with Gasteiger partial charge in [0.25, 0.3) is 0 Å². The smallest absolute Gasteiger partial charge is 0.325 e. The summed E-state index contributed by atoms with van der Waals surface area (Å²) in [6.45, 7) is 1.60. The highest BCUT2D eigenvalue weighted by atomic mass is 16.4. The lowest BCUT2D eigenvalue weighted by molar-refractivity contribution is -0.142. The number of unbranched alkanes of at least 4 members (excludes halogenated alkanes) is 3. The molecule has 0 saturated carbocycles. The van der Waals surface area contributed by atoms with E-state index in [0.717, 1.165) is 0 Å². The van der Waals surface area contributed by atoms with Crippen molar-refractivity contribution in [3.05, 3.63) is 36.4 Å². The number of nitrogens with one attached hydrogen (secondary N) is 9. The summed E-state index contributed by atoms with van der Waals surface area (Å²) in [4.78, 5) is 131. The van der Waals surface area contributed by atoms with Crippen molar-refractivity contribution in [2.24, 2.45) is 22.9 Å². The molecule has 26 heteroatoms. The van der Waals surface area contributed by atoms with Gasteiger partial charge in [-0.1, -0.05) is 6.42 Å². The van der Waals surface area contributed by atoms with Crippen LogP contribution in [0.2, 0.25) is 0 Å². The molecule has 0 aliphatic carbocycles. The molecule has 0 aliphatic heterocycles. The van der Waals surface area contributed by atoms with Crippen molar-refractivity contribution in [3.63, 3.8) is 0 Å². The fourth-order valence-corrected chi connectivity index (χ4v) is 6.36. The Labute approximate surface area is 381 Å². The standard InChI is InChI=1S/C40H67N15O11/c1-23(40(65)66)50-36(61)29(11-12-33(57)58)54-39(64)31(17-25-19-46-22-49-25)55-38(63)30(16-24-18-45-21-48-24)51-32(56)20-47-35(60)27(9-3-6-14-42)53-37(62)28(10-4-7-15-43)52-34(59)26(44)8-2-5-13-41/h18-19,21-23,26-31H,2-17,20,41-44H2,1H3,(H,45,48)(H,46,49)(H,47,60)(H,50,61)(H,51,56)(H,52,59)(H,53,62)(H,54,64)(H,55,63)(H,57,58)(H,65,66)/t23-,26-,27-,28-,29-,30-,31-/m0/s1. The average Bonchev–Trinajstić information content (AvgIpc) is 4.00. The van der Waals surface area contributed by atoms with Gasteiger partial charge >= 0.3 is 11.9 Å². The quantitative estimate of drug-likeness (QED) is 0.0295. The second-order valence-electron chi connectivity index (χ2n) is 15.6. The van der Waals surface area contributed by atoms with Crippen molar-refractivity contribution in [1.82, 2.24) is 57.2 Å². The van der Waals surface area contributed by atoms with Gasteiger partial charge < -0.3 is 80.3 Å². The maximum Gasteiger partial charge on any atom is 0.325 e. The minimum Gasteiger partial charge on any atom is -0.481 e. The number of aromatic nitrogens is 4. The highest BCUT2D eigenvalue weighted by Gasteiger charge is 2.33. The van der Waals surface area contributed by atoms with Gasteiger partial charge in [-0.2, -0.15) is 0 Å². The summed E-state index contributed by atoms with van der Waals surface area (Å²) in [6, 6.07) is -8.89. The minimum absolute atomic E-state index is 0.126. The molecule has 368 valence electrons. The fraction of sp³-hybridized carbons (Fsp3) is 0.625. The molecule has 0 unspecified atom stereocenters. The molecule has 66 heavy (non-hydrogen) atoms. The van der Waals surface area contributed by atoms with Crippen LogP contribution in [0.5, 0.6) is 0 Å². The number of carboxylic acid groups (broad SMARTS) is 2. The molecule has 0 saturated heterocycles. The third-order valence-electron chi connectivity index (χ3n) is 10.1. The Kier molecular flexibility index (Phi) is 25.8. The number of nitrogens with zero attached hydrogens (tertiary/aromatic N) is 2. The number of hydrogen-bond donors (Lipinski definition) is 15. The molecule has 26 nitrogen and oxygen atoms in total. The van der Waals surface area contributed by atoms with E-state index in [-0.39, 0.29) is 25.7 Å². The molecule has 19 N–H and O–H groups in total. The third-order valence-corrected chi connectivity index (χ3v) is 10.1. The first-order valence-corrected chi connectivity index (χ1v) is 21.8. The van der Waals surface area contributed by atoms with E-state index >= 15 is 0 Å². The number of hydrogen-bond acceptors (Lipinski definition) is 15. The zero-order chi connectivity index (χ0) is 49.0. The molecule has 0 aromatic carbocycles. The summed E-state index contributed by atoms with van der Waals surface area (Å²) in [5.74, 6) is -8.31. The van der Waals surface area contributed by atoms with Crippen LogP contribution in [0.4, 0.5) is 0 Å². The number of carbonyl (C=O) groups excluding carboxylic acids is 7. The Balaban J connectivity index is 2.28. The predicted molar refractivity (Wildman–Crippen MR) is 236 cm³/mol. The number of H-pyrrole nitrogens is 2. The van der Waals surface area contributed by atoms with E-state index < -0.39 is 115 Å². The van der Waals surface area contributed by atoms with Crippen LogP contribution >= 0.6 is 0 Å². The zero-order valence-electron chi connectivity index (χ0n) is 37.1. The Morgan fingerprint density at radius 3 is 1.45 bits per heavy atom. The number of rotatable bonds is 34. The monoisotopic (exact) mass is 934 g/mol.